The van der Waals surface area contributed by atoms with Gasteiger partial charge in [-0.15, -0.1) is 0 Å². The molecule has 0 unspecified atom stereocenters. The average molecular weight is 207 g/mol. The molecule has 0 amide bonds. The SMILES string of the molecule is Cc1ccc(N)c(NN2CCOCC2)c1. The van der Waals surface area contributed by atoms with E-state index in [0.29, 0.717) is 0 Å². The normalized spacial score (nSPS) is 17.7. The first-order chi connectivity index (χ1) is 7.25. The quantitative estimate of drug-likeness (QED) is 0.716. The summed E-state index contributed by atoms with van der Waals surface area (Å²) in [6, 6.07) is 6.00. The fourth-order valence-corrected chi connectivity index (χ4v) is 1.61. The van der Waals surface area contributed by atoms with Crippen molar-refractivity contribution in [3.63, 3.8) is 0 Å². The van der Waals surface area contributed by atoms with Gasteiger partial charge in [-0.2, -0.15) is 0 Å². The lowest BCUT2D eigenvalue weighted by Crippen LogP contribution is -2.40. The molecule has 2 rings (SSSR count). The van der Waals surface area contributed by atoms with Gasteiger partial charge in [0.15, 0.2) is 0 Å². The number of ether oxygens (including phenoxy) is 1. The van der Waals surface area contributed by atoms with E-state index in [-0.39, 0.29) is 0 Å². The number of rotatable bonds is 2. The van der Waals surface area contributed by atoms with Gasteiger partial charge in [0, 0.05) is 13.1 Å². The lowest BCUT2D eigenvalue weighted by Gasteiger charge is -2.28. The first-order valence-electron chi connectivity index (χ1n) is 5.21. The molecule has 1 aliphatic rings. The molecular weight excluding hydrogens is 190 g/mol. The van der Waals surface area contributed by atoms with Gasteiger partial charge in [0.05, 0.1) is 24.6 Å². The highest BCUT2D eigenvalue weighted by molar-refractivity contribution is 5.66. The van der Waals surface area contributed by atoms with Crippen LogP contribution >= 0.6 is 0 Å². The monoisotopic (exact) mass is 207 g/mol. The molecule has 1 aromatic carbocycles. The van der Waals surface area contributed by atoms with Crippen molar-refractivity contribution >= 4 is 11.4 Å². The summed E-state index contributed by atoms with van der Waals surface area (Å²) in [7, 11) is 0. The van der Waals surface area contributed by atoms with Gasteiger partial charge >= 0.3 is 0 Å². The van der Waals surface area contributed by atoms with E-state index in [1.807, 2.05) is 12.1 Å². The smallest absolute Gasteiger partial charge is 0.0722 e. The van der Waals surface area contributed by atoms with Crippen molar-refractivity contribution in [3.8, 4) is 0 Å². The summed E-state index contributed by atoms with van der Waals surface area (Å²) in [5, 5.41) is 2.13. The minimum atomic E-state index is 0.777. The number of aryl methyl sites for hydroxylation is 1. The van der Waals surface area contributed by atoms with Crippen molar-refractivity contribution in [2.45, 2.75) is 6.92 Å². The molecule has 0 bridgehead atoms. The minimum Gasteiger partial charge on any atom is -0.397 e. The van der Waals surface area contributed by atoms with E-state index in [4.69, 9.17) is 10.5 Å². The van der Waals surface area contributed by atoms with E-state index in [2.05, 4.69) is 23.4 Å². The maximum atomic E-state index is 5.89. The Hall–Kier alpha value is -1.26. The van der Waals surface area contributed by atoms with Crippen LogP contribution in [0.5, 0.6) is 0 Å². The molecule has 0 aromatic heterocycles. The van der Waals surface area contributed by atoms with Gasteiger partial charge in [-0.1, -0.05) is 6.07 Å². The Labute approximate surface area is 90.0 Å². The molecule has 1 heterocycles. The van der Waals surface area contributed by atoms with Gasteiger partial charge in [-0.05, 0) is 24.6 Å². The van der Waals surface area contributed by atoms with Crippen molar-refractivity contribution in [3.05, 3.63) is 23.8 Å². The largest absolute Gasteiger partial charge is 0.397 e. The summed E-state index contributed by atoms with van der Waals surface area (Å²) in [4.78, 5) is 0. The molecule has 1 saturated heterocycles. The second-order valence-electron chi connectivity index (χ2n) is 3.80. The van der Waals surface area contributed by atoms with Crippen LogP contribution in [0, 0.1) is 6.92 Å². The molecule has 3 N–H and O–H groups in total. The number of anilines is 2. The second kappa shape index (κ2) is 4.51. The zero-order valence-electron chi connectivity index (χ0n) is 8.99. The number of hydrogen-bond donors (Lipinski definition) is 2. The second-order valence-corrected chi connectivity index (χ2v) is 3.80. The Morgan fingerprint density at radius 1 is 1.33 bits per heavy atom. The van der Waals surface area contributed by atoms with Crippen molar-refractivity contribution in [1.82, 2.24) is 5.01 Å². The van der Waals surface area contributed by atoms with Gasteiger partial charge in [0.1, 0.15) is 0 Å². The van der Waals surface area contributed by atoms with Gasteiger partial charge in [0.25, 0.3) is 0 Å². The molecule has 0 saturated carbocycles. The van der Waals surface area contributed by atoms with E-state index in [1.54, 1.807) is 0 Å². The predicted octanol–water partition coefficient (Wildman–Crippen LogP) is 1.24. The first-order valence-corrected chi connectivity index (χ1v) is 5.21. The van der Waals surface area contributed by atoms with Crippen LogP contribution < -0.4 is 11.2 Å². The fourth-order valence-electron chi connectivity index (χ4n) is 1.61. The van der Waals surface area contributed by atoms with Crippen LogP contribution in [0.4, 0.5) is 11.4 Å². The van der Waals surface area contributed by atoms with Crippen LogP contribution in [-0.4, -0.2) is 31.3 Å². The van der Waals surface area contributed by atoms with E-state index in [9.17, 15) is 0 Å². The summed E-state index contributed by atoms with van der Waals surface area (Å²) in [5.74, 6) is 0. The number of benzene rings is 1. The summed E-state index contributed by atoms with van der Waals surface area (Å²) in [6.07, 6.45) is 0. The zero-order valence-corrected chi connectivity index (χ0v) is 8.99. The summed E-state index contributed by atoms with van der Waals surface area (Å²) >= 11 is 0. The highest BCUT2D eigenvalue weighted by atomic mass is 16.5. The Morgan fingerprint density at radius 3 is 2.80 bits per heavy atom. The Kier molecular flexibility index (Phi) is 3.08. The van der Waals surface area contributed by atoms with E-state index in [1.165, 1.54) is 5.56 Å². The molecule has 0 spiro atoms. The predicted molar refractivity (Wildman–Crippen MR) is 61.6 cm³/mol. The van der Waals surface area contributed by atoms with Crippen LogP contribution in [0.2, 0.25) is 0 Å². The Morgan fingerprint density at radius 2 is 2.07 bits per heavy atom. The van der Waals surface area contributed by atoms with Gasteiger partial charge in [0.2, 0.25) is 0 Å². The molecule has 1 aromatic rings. The van der Waals surface area contributed by atoms with Crippen LogP contribution in [0.25, 0.3) is 0 Å². The van der Waals surface area contributed by atoms with Crippen LogP contribution in [0.3, 0.4) is 0 Å². The number of hydrazine groups is 1. The highest BCUT2D eigenvalue weighted by Crippen LogP contribution is 2.20. The molecule has 0 atom stereocenters. The van der Waals surface area contributed by atoms with Crippen molar-refractivity contribution in [2.24, 2.45) is 0 Å². The maximum absolute atomic E-state index is 5.89. The average Bonchev–Trinajstić information content (AvgIpc) is 2.25. The van der Waals surface area contributed by atoms with Crippen LogP contribution in [-0.2, 0) is 4.74 Å². The molecule has 0 aliphatic carbocycles. The topological polar surface area (TPSA) is 50.5 Å². The number of hydrogen-bond acceptors (Lipinski definition) is 4. The lowest BCUT2D eigenvalue weighted by molar-refractivity contribution is 0.0497. The van der Waals surface area contributed by atoms with E-state index >= 15 is 0 Å². The number of nitrogens with zero attached hydrogens (tertiary/aromatic N) is 1. The standard InChI is InChI=1S/C11H17N3O/c1-9-2-3-10(12)11(8-9)13-14-4-6-15-7-5-14/h2-3,8,13H,4-7,12H2,1H3. The zero-order chi connectivity index (χ0) is 10.7. The number of morpholine rings is 1. The van der Waals surface area contributed by atoms with Crippen molar-refractivity contribution < 1.29 is 4.74 Å². The van der Waals surface area contributed by atoms with Crippen molar-refractivity contribution in [1.29, 1.82) is 0 Å². The summed E-state index contributed by atoms with van der Waals surface area (Å²) < 4.78 is 5.28. The van der Waals surface area contributed by atoms with Crippen LogP contribution in [0.15, 0.2) is 18.2 Å². The Bertz CT molecular complexity index is 335. The summed E-state index contributed by atoms with van der Waals surface area (Å²) in [5.41, 5.74) is 12.2. The third kappa shape index (κ3) is 2.61. The van der Waals surface area contributed by atoms with Gasteiger partial charge in [-0.25, -0.2) is 5.01 Å². The van der Waals surface area contributed by atoms with Gasteiger partial charge in [-0.3, -0.25) is 0 Å². The molecule has 4 heteroatoms. The number of nitrogens with one attached hydrogen (secondary N) is 1. The third-order valence-corrected chi connectivity index (χ3v) is 2.50. The van der Waals surface area contributed by atoms with Gasteiger partial charge < -0.3 is 15.9 Å². The highest BCUT2D eigenvalue weighted by Gasteiger charge is 2.10. The lowest BCUT2D eigenvalue weighted by atomic mass is 10.2. The fraction of sp³-hybridized carbons (Fsp3) is 0.455. The van der Waals surface area contributed by atoms with Crippen molar-refractivity contribution in [2.75, 3.05) is 37.5 Å². The maximum Gasteiger partial charge on any atom is 0.0722 e. The molecule has 0 radical (unpaired) electrons. The first kappa shape index (κ1) is 10.3. The third-order valence-electron chi connectivity index (χ3n) is 2.50. The Balaban J connectivity index is 2.05. The molecule has 1 fully saturated rings. The molecule has 15 heavy (non-hydrogen) atoms. The molecule has 82 valence electrons. The summed E-state index contributed by atoms with van der Waals surface area (Å²) in [6.45, 7) is 5.40. The van der Waals surface area contributed by atoms with Crippen LogP contribution in [0.1, 0.15) is 5.56 Å². The van der Waals surface area contributed by atoms with E-state index < -0.39 is 0 Å². The molecule has 4 nitrogen and oxygen atoms in total. The number of nitrogens with two attached hydrogens (primary N) is 1. The minimum absolute atomic E-state index is 0.777. The number of nitrogen functional groups attached to an aromatic ring is 1. The molecule has 1 aliphatic heterocycles. The molecular formula is C11H17N3O. The van der Waals surface area contributed by atoms with E-state index in [0.717, 1.165) is 37.7 Å².